The zero-order valence-electron chi connectivity index (χ0n) is 11.1. The van der Waals surface area contributed by atoms with Crippen molar-refractivity contribution in [1.82, 2.24) is 0 Å². The van der Waals surface area contributed by atoms with Gasteiger partial charge in [-0.25, -0.2) is 4.39 Å². The van der Waals surface area contributed by atoms with E-state index in [2.05, 4.69) is 0 Å². The fraction of sp³-hybridized carbons (Fsp3) is 0.571. The molecule has 4 nitrogen and oxygen atoms in total. The highest BCUT2D eigenvalue weighted by atomic mass is 19.2. The highest BCUT2D eigenvalue weighted by Crippen LogP contribution is 2.19. The van der Waals surface area contributed by atoms with Gasteiger partial charge in [-0.2, -0.15) is 4.39 Å². The summed E-state index contributed by atoms with van der Waals surface area (Å²) in [4.78, 5) is 0. The number of hydrogen-bond donors (Lipinski definition) is 1. The molecule has 1 N–H and O–H groups in total. The number of benzene rings is 1. The van der Waals surface area contributed by atoms with Gasteiger partial charge in [0, 0.05) is 13.2 Å². The molecule has 112 valence electrons. The zero-order chi connectivity index (χ0) is 14.4. The van der Waals surface area contributed by atoms with E-state index in [1.165, 1.54) is 12.1 Å². The summed E-state index contributed by atoms with van der Waals surface area (Å²) in [5.41, 5.74) is 0. The van der Waals surface area contributed by atoms with Crippen LogP contribution in [0.25, 0.3) is 0 Å². The average Bonchev–Trinajstić information content (AvgIpc) is 2.48. The molecule has 1 heterocycles. The molecule has 0 bridgehead atoms. The van der Waals surface area contributed by atoms with Crippen molar-refractivity contribution in [1.29, 1.82) is 0 Å². The predicted octanol–water partition coefficient (Wildman–Crippen LogP) is 1.90. The largest absolute Gasteiger partial charge is 0.488 e. The van der Waals surface area contributed by atoms with Crippen LogP contribution in [0.15, 0.2) is 18.2 Å². The first-order valence-electron chi connectivity index (χ1n) is 6.61. The van der Waals surface area contributed by atoms with Crippen molar-refractivity contribution in [3.8, 4) is 5.75 Å². The normalized spacial score (nSPS) is 17.9. The van der Waals surface area contributed by atoms with Crippen LogP contribution in [0.5, 0.6) is 5.75 Å². The first-order valence-corrected chi connectivity index (χ1v) is 6.61. The van der Waals surface area contributed by atoms with Crippen LogP contribution in [0.4, 0.5) is 8.78 Å². The van der Waals surface area contributed by atoms with E-state index in [0.717, 1.165) is 18.9 Å². The summed E-state index contributed by atoms with van der Waals surface area (Å²) in [6.07, 6.45) is 0.780. The van der Waals surface area contributed by atoms with Gasteiger partial charge < -0.3 is 19.3 Å². The lowest BCUT2D eigenvalue weighted by atomic mass is 10.1. The Morgan fingerprint density at radius 1 is 1.25 bits per heavy atom. The van der Waals surface area contributed by atoms with Gasteiger partial charge in [0.1, 0.15) is 12.7 Å². The van der Waals surface area contributed by atoms with Crippen LogP contribution in [-0.2, 0) is 9.47 Å². The molecule has 0 aromatic heterocycles. The van der Waals surface area contributed by atoms with Crippen LogP contribution < -0.4 is 4.74 Å². The molecule has 1 aromatic carbocycles. The number of aliphatic hydroxyl groups is 1. The molecule has 0 spiro atoms. The Labute approximate surface area is 116 Å². The van der Waals surface area contributed by atoms with Gasteiger partial charge in [-0.05, 0) is 25.0 Å². The van der Waals surface area contributed by atoms with Gasteiger partial charge in [0.25, 0.3) is 0 Å². The van der Waals surface area contributed by atoms with Crippen molar-refractivity contribution in [3.63, 3.8) is 0 Å². The smallest absolute Gasteiger partial charge is 0.200 e. The Balaban J connectivity index is 1.71. The first-order chi connectivity index (χ1) is 9.66. The number of aliphatic hydroxyl groups excluding tert-OH is 1. The summed E-state index contributed by atoms with van der Waals surface area (Å²) in [5.74, 6) is -2.24. The van der Waals surface area contributed by atoms with Crippen molar-refractivity contribution in [2.24, 2.45) is 0 Å². The summed E-state index contributed by atoms with van der Waals surface area (Å²) in [6.45, 7) is 1.27. The maximum Gasteiger partial charge on any atom is 0.200 e. The Kier molecular flexibility index (Phi) is 5.70. The molecule has 0 aliphatic carbocycles. The van der Waals surface area contributed by atoms with E-state index in [0.29, 0.717) is 13.2 Å². The SMILES string of the molecule is O[C@@H](COc1cccc(F)c1F)COC1CCOCC1. The van der Waals surface area contributed by atoms with E-state index >= 15 is 0 Å². The third-order valence-corrected chi connectivity index (χ3v) is 3.04. The van der Waals surface area contributed by atoms with Gasteiger partial charge in [-0.15, -0.1) is 0 Å². The lowest BCUT2D eigenvalue weighted by Gasteiger charge is -2.23. The quantitative estimate of drug-likeness (QED) is 0.868. The third-order valence-electron chi connectivity index (χ3n) is 3.04. The summed E-state index contributed by atoms with van der Waals surface area (Å²) < 4.78 is 42.0. The monoisotopic (exact) mass is 288 g/mol. The number of hydrogen-bond acceptors (Lipinski definition) is 4. The minimum atomic E-state index is -1.05. The highest BCUT2D eigenvalue weighted by molar-refractivity contribution is 5.25. The molecule has 20 heavy (non-hydrogen) atoms. The van der Waals surface area contributed by atoms with Crippen LogP contribution in [-0.4, -0.2) is 43.7 Å². The van der Waals surface area contributed by atoms with Crippen molar-refractivity contribution in [2.45, 2.75) is 25.0 Å². The molecule has 2 rings (SSSR count). The summed E-state index contributed by atoms with van der Waals surface area (Å²) in [6, 6.07) is 3.66. The van der Waals surface area contributed by atoms with Gasteiger partial charge in [0.2, 0.25) is 5.82 Å². The molecule has 1 aliphatic heterocycles. The van der Waals surface area contributed by atoms with E-state index in [-0.39, 0.29) is 25.1 Å². The number of ether oxygens (including phenoxy) is 3. The van der Waals surface area contributed by atoms with E-state index in [9.17, 15) is 13.9 Å². The molecule has 1 fully saturated rings. The fourth-order valence-electron chi connectivity index (χ4n) is 1.92. The summed E-state index contributed by atoms with van der Waals surface area (Å²) in [5, 5.41) is 9.70. The third kappa shape index (κ3) is 4.40. The minimum Gasteiger partial charge on any atom is -0.488 e. The van der Waals surface area contributed by atoms with Crippen molar-refractivity contribution < 1.29 is 28.1 Å². The van der Waals surface area contributed by atoms with Crippen LogP contribution in [0.2, 0.25) is 0 Å². The molecule has 0 amide bonds. The maximum atomic E-state index is 13.3. The lowest BCUT2D eigenvalue weighted by Crippen LogP contribution is -2.30. The molecule has 6 heteroatoms. The fourth-order valence-corrected chi connectivity index (χ4v) is 1.92. The van der Waals surface area contributed by atoms with Gasteiger partial charge in [-0.1, -0.05) is 6.07 Å². The Morgan fingerprint density at radius 2 is 2.00 bits per heavy atom. The average molecular weight is 288 g/mol. The van der Waals surface area contributed by atoms with E-state index < -0.39 is 17.7 Å². The van der Waals surface area contributed by atoms with E-state index in [1.54, 1.807) is 0 Å². The van der Waals surface area contributed by atoms with Crippen LogP contribution >= 0.6 is 0 Å². The van der Waals surface area contributed by atoms with Gasteiger partial charge in [0.05, 0.1) is 12.7 Å². The second-order valence-corrected chi connectivity index (χ2v) is 4.66. The van der Waals surface area contributed by atoms with Gasteiger partial charge in [-0.3, -0.25) is 0 Å². The predicted molar refractivity (Wildman–Crippen MR) is 67.7 cm³/mol. The Bertz CT molecular complexity index is 422. The van der Waals surface area contributed by atoms with Gasteiger partial charge in [0.15, 0.2) is 11.6 Å². The second-order valence-electron chi connectivity index (χ2n) is 4.66. The van der Waals surface area contributed by atoms with Crippen molar-refractivity contribution in [2.75, 3.05) is 26.4 Å². The van der Waals surface area contributed by atoms with E-state index in [1.807, 2.05) is 0 Å². The maximum absolute atomic E-state index is 13.3. The lowest BCUT2D eigenvalue weighted by molar-refractivity contribution is -0.0661. The van der Waals surface area contributed by atoms with Crippen LogP contribution in [0.3, 0.4) is 0 Å². The van der Waals surface area contributed by atoms with Crippen molar-refractivity contribution >= 4 is 0 Å². The molecule has 0 saturated carbocycles. The highest BCUT2D eigenvalue weighted by Gasteiger charge is 2.17. The first kappa shape index (κ1) is 15.2. The van der Waals surface area contributed by atoms with Crippen LogP contribution in [0.1, 0.15) is 12.8 Å². The second kappa shape index (κ2) is 7.52. The summed E-state index contributed by atoms with van der Waals surface area (Å²) >= 11 is 0. The van der Waals surface area contributed by atoms with Crippen LogP contribution in [0, 0.1) is 11.6 Å². The van der Waals surface area contributed by atoms with Gasteiger partial charge >= 0.3 is 0 Å². The molecular weight excluding hydrogens is 270 g/mol. The molecular formula is C14H18F2O4. The topological polar surface area (TPSA) is 47.9 Å². The molecule has 1 atom stereocenters. The molecule has 0 unspecified atom stereocenters. The molecule has 1 aromatic rings. The summed E-state index contributed by atoms with van der Waals surface area (Å²) in [7, 11) is 0. The minimum absolute atomic E-state index is 0.0734. The number of rotatable bonds is 6. The Hall–Kier alpha value is -1.24. The standard InChI is InChI=1S/C14H18F2O4/c15-12-2-1-3-13(14(12)16)20-9-10(17)8-19-11-4-6-18-7-5-11/h1-3,10-11,17H,4-9H2/t10-/m1/s1. The van der Waals surface area contributed by atoms with Crippen molar-refractivity contribution in [3.05, 3.63) is 29.8 Å². The zero-order valence-corrected chi connectivity index (χ0v) is 11.1. The molecule has 1 aliphatic rings. The molecule has 1 saturated heterocycles. The number of halogens is 2. The molecule has 0 radical (unpaired) electrons. The van der Waals surface area contributed by atoms with E-state index in [4.69, 9.17) is 14.2 Å². The Morgan fingerprint density at radius 3 is 2.75 bits per heavy atom.